The van der Waals surface area contributed by atoms with Gasteiger partial charge in [-0.05, 0) is 50.7 Å². The van der Waals surface area contributed by atoms with Gasteiger partial charge in [0.1, 0.15) is 5.60 Å². The number of aromatic nitrogens is 2. The van der Waals surface area contributed by atoms with Crippen LogP contribution in [0.3, 0.4) is 0 Å². The van der Waals surface area contributed by atoms with Crippen LogP contribution in [0.1, 0.15) is 57.9 Å². The number of carbonyl (C=O) groups is 1. The standard InChI is InChI=1S/C19H24N2O2/c1-19(2,3)23-18(22)21-13-17(12-20-21)16-10-6-9-15(11-16)14-7-4-5-8-14/h6,9-14H,4-5,7-8H2,1-3H3. The molecule has 1 aromatic carbocycles. The summed E-state index contributed by atoms with van der Waals surface area (Å²) in [6.07, 6.45) is 8.22. The maximum atomic E-state index is 12.1. The van der Waals surface area contributed by atoms with Gasteiger partial charge in [0.25, 0.3) is 0 Å². The predicted octanol–water partition coefficient (Wildman–Crippen LogP) is 4.99. The fraction of sp³-hybridized carbons (Fsp3) is 0.474. The number of nitrogens with zero attached hydrogens (tertiary/aromatic N) is 2. The molecule has 1 aromatic heterocycles. The molecule has 0 unspecified atom stereocenters. The van der Waals surface area contributed by atoms with Crippen molar-refractivity contribution in [3.8, 4) is 11.1 Å². The predicted molar refractivity (Wildman–Crippen MR) is 90.5 cm³/mol. The van der Waals surface area contributed by atoms with E-state index < -0.39 is 11.7 Å². The van der Waals surface area contributed by atoms with Crippen molar-refractivity contribution in [3.05, 3.63) is 42.2 Å². The summed E-state index contributed by atoms with van der Waals surface area (Å²) in [7, 11) is 0. The average Bonchev–Trinajstić information content (AvgIpc) is 3.17. The Bertz CT molecular complexity index is 691. The topological polar surface area (TPSA) is 44.1 Å². The number of rotatable bonds is 2. The molecule has 4 nitrogen and oxygen atoms in total. The summed E-state index contributed by atoms with van der Waals surface area (Å²) in [5.41, 5.74) is 2.91. The van der Waals surface area contributed by atoms with E-state index in [0.29, 0.717) is 5.92 Å². The van der Waals surface area contributed by atoms with E-state index in [1.807, 2.05) is 20.8 Å². The molecule has 0 radical (unpaired) electrons. The Kier molecular flexibility index (Phi) is 4.24. The van der Waals surface area contributed by atoms with Gasteiger partial charge in [-0.3, -0.25) is 0 Å². The molecule has 0 N–H and O–H groups in total. The zero-order chi connectivity index (χ0) is 16.4. The van der Waals surface area contributed by atoms with E-state index in [-0.39, 0.29) is 0 Å². The number of ether oxygens (including phenoxy) is 1. The third-order valence-electron chi connectivity index (χ3n) is 4.21. The maximum absolute atomic E-state index is 12.1. The van der Waals surface area contributed by atoms with Gasteiger partial charge in [0.2, 0.25) is 0 Å². The van der Waals surface area contributed by atoms with Crippen molar-refractivity contribution < 1.29 is 9.53 Å². The first-order chi connectivity index (χ1) is 10.9. The summed E-state index contributed by atoms with van der Waals surface area (Å²) in [5.74, 6) is 0.677. The van der Waals surface area contributed by atoms with Crippen LogP contribution < -0.4 is 0 Å². The van der Waals surface area contributed by atoms with Crippen molar-refractivity contribution in [1.29, 1.82) is 0 Å². The van der Waals surface area contributed by atoms with Crippen LogP contribution in [0.2, 0.25) is 0 Å². The van der Waals surface area contributed by atoms with Crippen LogP contribution in [0.4, 0.5) is 4.79 Å². The Morgan fingerprint density at radius 1 is 1.22 bits per heavy atom. The highest BCUT2D eigenvalue weighted by Gasteiger charge is 2.20. The molecule has 0 bridgehead atoms. The van der Waals surface area contributed by atoms with E-state index in [2.05, 4.69) is 29.4 Å². The first-order valence-corrected chi connectivity index (χ1v) is 8.31. The SMILES string of the molecule is CC(C)(C)OC(=O)n1cc(-c2cccc(C3CCCC3)c2)cn1. The largest absolute Gasteiger partial charge is 0.442 e. The lowest BCUT2D eigenvalue weighted by Gasteiger charge is -2.18. The molecule has 0 atom stereocenters. The van der Waals surface area contributed by atoms with Crippen LogP contribution >= 0.6 is 0 Å². The molecule has 0 amide bonds. The summed E-state index contributed by atoms with van der Waals surface area (Å²) >= 11 is 0. The third kappa shape index (κ3) is 3.81. The molecule has 2 aromatic rings. The molecule has 3 rings (SSSR count). The van der Waals surface area contributed by atoms with Crippen molar-refractivity contribution in [2.75, 3.05) is 0 Å². The maximum Gasteiger partial charge on any atom is 0.435 e. The van der Waals surface area contributed by atoms with Gasteiger partial charge in [-0.1, -0.05) is 37.1 Å². The van der Waals surface area contributed by atoms with Gasteiger partial charge in [0, 0.05) is 11.8 Å². The van der Waals surface area contributed by atoms with Crippen molar-refractivity contribution in [1.82, 2.24) is 9.78 Å². The van der Waals surface area contributed by atoms with E-state index in [1.165, 1.54) is 35.9 Å². The van der Waals surface area contributed by atoms with Crippen LogP contribution in [0.15, 0.2) is 36.7 Å². The summed E-state index contributed by atoms with van der Waals surface area (Å²) in [6.45, 7) is 5.54. The lowest BCUT2D eigenvalue weighted by atomic mass is 9.95. The highest BCUT2D eigenvalue weighted by atomic mass is 16.6. The second-order valence-electron chi connectivity index (χ2n) is 7.26. The van der Waals surface area contributed by atoms with Crippen LogP contribution in [-0.2, 0) is 4.74 Å². The molecule has 1 heterocycles. The van der Waals surface area contributed by atoms with Gasteiger partial charge >= 0.3 is 6.09 Å². The summed E-state index contributed by atoms with van der Waals surface area (Å²) in [4.78, 5) is 12.1. The second-order valence-corrected chi connectivity index (χ2v) is 7.26. The molecular formula is C19H24N2O2. The minimum Gasteiger partial charge on any atom is -0.442 e. The lowest BCUT2D eigenvalue weighted by Crippen LogP contribution is -2.27. The van der Waals surface area contributed by atoms with Crippen molar-refractivity contribution >= 4 is 6.09 Å². The lowest BCUT2D eigenvalue weighted by molar-refractivity contribution is 0.0514. The zero-order valence-corrected chi connectivity index (χ0v) is 14.1. The molecule has 1 fully saturated rings. The molecule has 0 aliphatic heterocycles. The Labute approximate surface area is 137 Å². The van der Waals surface area contributed by atoms with E-state index in [4.69, 9.17) is 4.74 Å². The summed E-state index contributed by atoms with van der Waals surface area (Å²) in [5, 5.41) is 4.15. The first-order valence-electron chi connectivity index (χ1n) is 8.31. The Morgan fingerprint density at radius 3 is 2.65 bits per heavy atom. The average molecular weight is 312 g/mol. The molecule has 1 saturated carbocycles. The molecule has 4 heteroatoms. The van der Waals surface area contributed by atoms with E-state index in [1.54, 1.807) is 12.4 Å². The number of benzene rings is 1. The molecule has 0 saturated heterocycles. The van der Waals surface area contributed by atoms with Gasteiger partial charge in [-0.15, -0.1) is 0 Å². The molecule has 0 spiro atoms. The van der Waals surface area contributed by atoms with Crippen LogP contribution in [-0.4, -0.2) is 21.5 Å². The number of carbonyl (C=O) groups excluding carboxylic acids is 1. The Hall–Kier alpha value is -2.10. The van der Waals surface area contributed by atoms with E-state index in [9.17, 15) is 4.79 Å². The van der Waals surface area contributed by atoms with Gasteiger partial charge in [-0.2, -0.15) is 9.78 Å². The molecule has 23 heavy (non-hydrogen) atoms. The monoisotopic (exact) mass is 312 g/mol. The van der Waals surface area contributed by atoms with Gasteiger partial charge in [0.15, 0.2) is 0 Å². The number of hydrogen-bond acceptors (Lipinski definition) is 3. The highest BCUT2D eigenvalue weighted by molar-refractivity contribution is 5.73. The fourth-order valence-electron chi connectivity index (χ4n) is 3.11. The van der Waals surface area contributed by atoms with E-state index >= 15 is 0 Å². The molecular weight excluding hydrogens is 288 g/mol. The molecule has 1 aliphatic carbocycles. The molecule has 1 aliphatic rings. The summed E-state index contributed by atoms with van der Waals surface area (Å²) in [6, 6.07) is 8.59. The second kappa shape index (κ2) is 6.19. The van der Waals surface area contributed by atoms with Crippen molar-refractivity contribution in [2.24, 2.45) is 0 Å². The molecule has 122 valence electrons. The normalized spacial score (nSPS) is 15.8. The van der Waals surface area contributed by atoms with Gasteiger partial charge < -0.3 is 4.74 Å². The van der Waals surface area contributed by atoms with Crippen molar-refractivity contribution in [2.45, 2.75) is 58.0 Å². The quantitative estimate of drug-likeness (QED) is 0.784. The summed E-state index contributed by atoms with van der Waals surface area (Å²) < 4.78 is 6.61. The smallest absolute Gasteiger partial charge is 0.435 e. The Morgan fingerprint density at radius 2 is 1.96 bits per heavy atom. The third-order valence-corrected chi connectivity index (χ3v) is 4.21. The highest BCUT2D eigenvalue weighted by Crippen LogP contribution is 2.35. The van der Waals surface area contributed by atoms with Gasteiger partial charge in [0.05, 0.1) is 6.20 Å². The minimum atomic E-state index is -0.522. The fourth-order valence-corrected chi connectivity index (χ4v) is 3.11. The van der Waals surface area contributed by atoms with Crippen LogP contribution in [0, 0.1) is 0 Å². The van der Waals surface area contributed by atoms with Crippen LogP contribution in [0.25, 0.3) is 11.1 Å². The first kappa shape index (κ1) is 15.8. The van der Waals surface area contributed by atoms with Gasteiger partial charge in [-0.25, -0.2) is 4.79 Å². The minimum absolute atomic E-state index is 0.448. The van der Waals surface area contributed by atoms with Crippen LogP contribution in [0.5, 0.6) is 0 Å². The number of hydrogen-bond donors (Lipinski definition) is 0. The zero-order valence-electron chi connectivity index (χ0n) is 14.1. The Balaban J connectivity index is 1.80. The van der Waals surface area contributed by atoms with Crippen molar-refractivity contribution in [3.63, 3.8) is 0 Å². The van der Waals surface area contributed by atoms with E-state index in [0.717, 1.165) is 11.1 Å².